The molecule has 0 heterocycles. The molecule has 0 bridgehead atoms. The third kappa shape index (κ3) is 14.0. The van der Waals surface area contributed by atoms with Crippen LogP contribution in [0.2, 0.25) is 0 Å². The van der Waals surface area contributed by atoms with Gasteiger partial charge >= 0.3 is 6.09 Å². The normalized spacial score (nSPS) is 16.2. The summed E-state index contributed by atoms with van der Waals surface area (Å²) in [7, 11) is 0. The lowest BCUT2D eigenvalue weighted by Crippen LogP contribution is -2.61. The van der Waals surface area contributed by atoms with Crippen molar-refractivity contribution in [2.45, 2.75) is 121 Å². The topological polar surface area (TPSA) is 229 Å². The number of aldehydes is 1. The average molecular weight is 705 g/mol. The molecule has 1 aliphatic rings. The molecule has 5 atom stereocenters. The van der Waals surface area contributed by atoms with E-state index in [9.17, 15) is 39.0 Å². The highest BCUT2D eigenvalue weighted by Crippen LogP contribution is 2.26. The van der Waals surface area contributed by atoms with E-state index in [0.29, 0.717) is 50.5 Å². The number of rotatable bonds is 21. The Bertz CT molecular complexity index is 1230. The number of unbranched alkanes of at least 4 members (excludes halogenated alkanes) is 1. The quantitative estimate of drug-likeness (QED) is 0.0698. The zero-order chi connectivity index (χ0) is 37.1. The van der Waals surface area contributed by atoms with Gasteiger partial charge in [-0.2, -0.15) is 0 Å². The number of carbonyl (C=O) groups is 6. The Balaban J connectivity index is 2.20. The van der Waals surface area contributed by atoms with Gasteiger partial charge in [-0.15, -0.1) is 0 Å². The number of aliphatic hydroxyl groups excluding tert-OH is 2. The molecular formula is C35H56N6O9. The number of hydrogen-bond donors (Lipinski definition) is 7. The minimum absolute atomic E-state index is 0.0819. The first-order valence-corrected chi connectivity index (χ1v) is 17.5. The van der Waals surface area contributed by atoms with Gasteiger partial charge in [-0.1, -0.05) is 63.4 Å². The molecule has 15 nitrogen and oxygen atoms in total. The number of alkyl carbamates (subject to hydrolysis) is 1. The summed E-state index contributed by atoms with van der Waals surface area (Å²) in [6.07, 6.45) is 5.35. The highest BCUT2D eigenvalue weighted by Gasteiger charge is 2.38. The number of nitrogens with zero attached hydrogens (tertiary/aromatic N) is 1. The van der Waals surface area contributed by atoms with Crippen LogP contribution in [0.25, 0.3) is 0 Å². The molecule has 1 aromatic carbocycles. The first kappa shape index (κ1) is 42.1. The Morgan fingerprint density at radius 1 is 0.860 bits per heavy atom. The highest BCUT2D eigenvalue weighted by atomic mass is 16.5. The summed E-state index contributed by atoms with van der Waals surface area (Å²) in [6.45, 7) is 4.05. The number of nitrogens with two attached hydrogens (primary N) is 1. The Morgan fingerprint density at radius 2 is 1.46 bits per heavy atom. The van der Waals surface area contributed by atoms with Gasteiger partial charge in [-0.25, -0.2) is 4.79 Å². The fourth-order valence-electron chi connectivity index (χ4n) is 5.90. The third-order valence-corrected chi connectivity index (χ3v) is 8.62. The van der Waals surface area contributed by atoms with Crippen LogP contribution in [0.15, 0.2) is 30.3 Å². The van der Waals surface area contributed by atoms with E-state index in [1.165, 1.54) is 4.90 Å². The summed E-state index contributed by atoms with van der Waals surface area (Å²) in [5.41, 5.74) is 6.40. The van der Waals surface area contributed by atoms with Crippen LogP contribution in [-0.2, 0) is 35.3 Å². The second-order valence-corrected chi connectivity index (χ2v) is 13.1. The minimum atomic E-state index is -1.54. The number of nitrogens with one attached hydrogen (secondary N) is 4. The smallest absolute Gasteiger partial charge is 0.408 e. The van der Waals surface area contributed by atoms with E-state index < -0.39 is 73.1 Å². The Kier molecular flexibility index (Phi) is 19.0. The number of benzene rings is 1. The van der Waals surface area contributed by atoms with E-state index in [-0.39, 0.29) is 25.0 Å². The van der Waals surface area contributed by atoms with Gasteiger partial charge in [0.25, 0.3) is 0 Å². The van der Waals surface area contributed by atoms with Gasteiger partial charge < -0.3 is 51.6 Å². The molecule has 1 aromatic rings. The molecule has 0 aliphatic heterocycles. The van der Waals surface area contributed by atoms with Crippen molar-refractivity contribution in [3.63, 3.8) is 0 Å². The van der Waals surface area contributed by atoms with Crippen LogP contribution < -0.4 is 27.0 Å². The van der Waals surface area contributed by atoms with E-state index in [4.69, 9.17) is 10.5 Å². The second-order valence-electron chi connectivity index (χ2n) is 13.1. The van der Waals surface area contributed by atoms with E-state index in [1.54, 1.807) is 37.3 Å². The molecule has 0 spiro atoms. The summed E-state index contributed by atoms with van der Waals surface area (Å²) < 4.78 is 5.10. The van der Waals surface area contributed by atoms with Crippen molar-refractivity contribution in [1.29, 1.82) is 0 Å². The molecule has 2 rings (SSSR count). The zero-order valence-corrected chi connectivity index (χ0v) is 29.5. The van der Waals surface area contributed by atoms with Gasteiger partial charge in [0.05, 0.1) is 19.3 Å². The number of amides is 5. The second kappa shape index (κ2) is 22.6. The molecular weight excluding hydrogens is 648 g/mol. The first-order valence-electron chi connectivity index (χ1n) is 17.5. The molecule has 0 saturated heterocycles. The van der Waals surface area contributed by atoms with Crippen molar-refractivity contribution in [3.8, 4) is 0 Å². The maximum Gasteiger partial charge on any atom is 0.408 e. The van der Waals surface area contributed by atoms with Gasteiger partial charge in [0.15, 0.2) is 0 Å². The van der Waals surface area contributed by atoms with Gasteiger partial charge in [0.2, 0.25) is 23.6 Å². The van der Waals surface area contributed by atoms with Gasteiger partial charge in [-0.05, 0) is 63.5 Å². The molecule has 0 unspecified atom stereocenters. The monoisotopic (exact) mass is 704 g/mol. The number of hydrogen-bond acceptors (Lipinski definition) is 10. The summed E-state index contributed by atoms with van der Waals surface area (Å²) in [5.74, 6) is -2.69. The fourth-order valence-corrected chi connectivity index (χ4v) is 5.90. The van der Waals surface area contributed by atoms with Crippen molar-refractivity contribution < 1.29 is 43.7 Å². The average Bonchev–Trinajstić information content (AvgIpc) is 3.11. The summed E-state index contributed by atoms with van der Waals surface area (Å²) in [5, 5.41) is 29.8. The lowest BCUT2D eigenvalue weighted by Gasteiger charge is -2.40. The summed E-state index contributed by atoms with van der Waals surface area (Å²) in [6, 6.07) is 2.67. The highest BCUT2D eigenvalue weighted by molar-refractivity contribution is 5.95. The van der Waals surface area contributed by atoms with Crippen molar-refractivity contribution in [2.75, 3.05) is 19.8 Å². The Labute approximate surface area is 294 Å². The van der Waals surface area contributed by atoms with Crippen molar-refractivity contribution in [3.05, 3.63) is 35.9 Å². The molecule has 50 heavy (non-hydrogen) atoms. The van der Waals surface area contributed by atoms with Crippen LogP contribution in [0.5, 0.6) is 0 Å². The van der Waals surface area contributed by atoms with Crippen LogP contribution in [0.1, 0.15) is 84.1 Å². The standard InChI is InChI=1S/C35H56N6O9/c1-23(2)18-26(19-42)37-31(45)24(3)41(27-14-8-5-9-15-27)34(48)28(16-10-11-17-36)38-32(46)29(20-43)39-33(47)30(21-44)40-35(49)50-22-25-12-6-4-7-13-25/h4,6-7,12-13,19,23-24,26-30,43-44H,5,8-11,14-18,20-22,36H2,1-3H3,(H,37,45)(H,38,46)(H,39,47)(H,40,49)/t24-,26-,28-,29-,30-/m0/s1. The predicted octanol–water partition coefficient (Wildman–Crippen LogP) is 0.644. The number of aliphatic hydroxyl groups is 2. The van der Waals surface area contributed by atoms with Crippen molar-refractivity contribution in [2.24, 2.45) is 11.7 Å². The molecule has 1 saturated carbocycles. The van der Waals surface area contributed by atoms with Crippen LogP contribution in [0.4, 0.5) is 4.79 Å². The molecule has 5 amide bonds. The lowest BCUT2D eigenvalue weighted by atomic mass is 9.92. The van der Waals surface area contributed by atoms with Crippen LogP contribution in [0, 0.1) is 5.92 Å². The lowest BCUT2D eigenvalue weighted by molar-refractivity contribution is -0.147. The number of carbonyl (C=O) groups excluding carboxylic acids is 6. The molecule has 280 valence electrons. The Hall–Kier alpha value is -4.08. The third-order valence-electron chi connectivity index (χ3n) is 8.62. The number of ether oxygens (including phenoxy) is 1. The van der Waals surface area contributed by atoms with Gasteiger partial charge in [0.1, 0.15) is 37.1 Å². The van der Waals surface area contributed by atoms with E-state index in [0.717, 1.165) is 19.3 Å². The first-order chi connectivity index (χ1) is 23.9. The van der Waals surface area contributed by atoms with E-state index in [2.05, 4.69) is 21.3 Å². The fraction of sp³-hybridized carbons (Fsp3) is 0.657. The maximum absolute atomic E-state index is 14.3. The summed E-state index contributed by atoms with van der Waals surface area (Å²) >= 11 is 0. The van der Waals surface area contributed by atoms with E-state index >= 15 is 0 Å². The van der Waals surface area contributed by atoms with Gasteiger partial charge in [-0.3, -0.25) is 19.2 Å². The molecule has 8 N–H and O–H groups in total. The molecule has 1 aliphatic carbocycles. The molecule has 0 radical (unpaired) electrons. The summed E-state index contributed by atoms with van der Waals surface area (Å²) in [4.78, 5) is 79.7. The van der Waals surface area contributed by atoms with Crippen molar-refractivity contribution in [1.82, 2.24) is 26.2 Å². The SMILES string of the molecule is CC(C)C[C@@H](C=O)NC(=O)[C@H](C)N(C(=O)[C@H](CCCCN)NC(=O)[C@H](CO)NC(=O)[C@H](CO)NC(=O)OCc1ccccc1)C1CCCCC1. The molecule has 0 aromatic heterocycles. The maximum atomic E-state index is 14.3. The van der Waals surface area contributed by atoms with Gasteiger partial charge in [0, 0.05) is 6.04 Å². The Morgan fingerprint density at radius 3 is 2.02 bits per heavy atom. The molecule has 1 fully saturated rings. The van der Waals surface area contributed by atoms with Crippen LogP contribution in [-0.4, -0.2) is 107 Å². The van der Waals surface area contributed by atoms with E-state index in [1.807, 2.05) is 13.8 Å². The predicted molar refractivity (Wildman–Crippen MR) is 185 cm³/mol. The largest absolute Gasteiger partial charge is 0.445 e. The minimum Gasteiger partial charge on any atom is -0.445 e. The zero-order valence-electron chi connectivity index (χ0n) is 29.5. The van der Waals surface area contributed by atoms with Crippen LogP contribution in [0.3, 0.4) is 0 Å². The van der Waals surface area contributed by atoms with Crippen molar-refractivity contribution >= 4 is 36.0 Å². The molecule has 15 heteroatoms. The van der Waals surface area contributed by atoms with Crippen LogP contribution >= 0.6 is 0 Å².